The molecule has 0 spiro atoms. The van der Waals surface area contributed by atoms with E-state index in [1.54, 1.807) is 0 Å². The zero-order chi connectivity index (χ0) is 35.9. The Morgan fingerprint density at radius 1 is 0.314 bits per heavy atom. The number of nitrogens with two attached hydrogens (primary N) is 2. The molecular formula is C49H70N2. The molecular weight excluding hydrogens is 617 g/mol. The Hall–Kier alpha value is -3.52. The molecule has 0 heterocycles. The van der Waals surface area contributed by atoms with E-state index in [0.717, 1.165) is 37.1 Å². The Balaban J connectivity index is 1.08. The first-order valence-electron chi connectivity index (χ1n) is 20.9. The molecule has 4 rings (SSSR count). The van der Waals surface area contributed by atoms with Gasteiger partial charge in [-0.1, -0.05) is 170 Å². The van der Waals surface area contributed by atoms with Crippen molar-refractivity contribution in [2.75, 3.05) is 11.5 Å². The summed E-state index contributed by atoms with van der Waals surface area (Å²) in [6, 6.07) is 32.0. The molecule has 0 aliphatic rings. The number of anilines is 2. The predicted molar refractivity (Wildman–Crippen MR) is 225 cm³/mol. The van der Waals surface area contributed by atoms with Crippen LogP contribution in [0.5, 0.6) is 0 Å². The van der Waals surface area contributed by atoms with E-state index in [2.05, 4.69) is 98.8 Å². The van der Waals surface area contributed by atoms with Gasteiger partial charge in [-0.3, -0.25) is 0 Å². The first-order valence-corrected chi connectivity index (χ1v) is 20.9. The van der Waals surface area contributed by atoms with Crippen LogP contribution in [0.1, 0.15) is 168 Å². The van der Waals surface area contributed by atoms with Crippen LogP contribution in [0.25, 0.3) is 0 Å². The summed E-state index contributed by atoms with van der Waals surface area (Å²) >= 11 is 0. The van der Waals surface area contributed by atoms with Crippen molar-refractivity contribution in [3.05, 3.63) is 129 Å². The molecule has 0 unspecified atom stereocenters. The van der Waals surface area contributed by atoms with Crippen molar-refractivity contribution >= 4 is 11.4 Å². The Kier molecular flexibility index (Phi) is 18.8. The largest absolute Gasteiger partial charge is 0.399 e. The number of benzene rings is 4. The molecule has 0 aliphatic carbocycles. The molecule has 2 heteroatoms. The van der Waals surface area contributed by atoms with E-state index >= 15 is 0 Å². The number of hydrogen-bond acceptors (Lipinski definition) is 2. The van der Waals surface area contributed by atoms with Crippen LogP contribution in [0.4, 0.5) is 11.4 Å². The lowest BCUT2D eigenvalue weighted by atomic mass is 9.97. The van der Waals surface area contributed by atoms with Gasteiger partial charge in [-0.2, -0.15) is 0 Å². The lowest BCUT2D eigenvalue weighted by Crippen LogP contribution is -1.98. The molecule has 0 atom stereocenters. The Morgan fingerprint density at radius 3 is 0.980 bits per heavy atom. The quantitative estimate of drug-likeness (QED) is 0.0510. The highest BCUT2D eigenvalue weighted by atomic mass is 14.6. The predicted octanol–water partition coefficient (Wildman–Crippen LogP) is 13.6. The first-order chi connectivity index (χ1) is 25.0. The minimum Gasteiger partial charge on any atom is -0.399 e. The van der Waals surface area contributed by atoms with Crippen molar-refractivity contribution in [3.8, 4) is 0 Å². The molecule has 0 aromatic heterocycles. The molecule has 4 aromatic rings. The summed E-state index contributed by atoms with van der Waals surface area (Å²) in [7, 11) is 0. The summed E-state index contributed by atoms with van der Waals surface area (Å²) in [6.45, 7) is 4.55. The summed E-state index contributed by atoms with van der Waals surface area (Å²) in [6.07, 6.45) is 28.9. The maximum absolute atomic E-state index is 6.33. The van der Waals surface area contributed by atoms with E-state index in [1.807, 2.05) is 0 Å². The molecule has 0 saturated carbocycles. The van der Waals surface area contributed by atoms with Crippen LogP contribution in [0.3, 0.4) is 0 Å². The lowest BCUT2D eigenvalue weighted by molar-refractivity contribution is 0.608. The van der Waals surface area contributed by atoms with Crippen LogP contribution >= 0.6 is 0 Å². The van der Waals surface area contributed by atoms with Crippen molar-refractivity contribution < 1.29 is 0 Å². The third-order valence-electron chi connectivity index (χ3n) is 10.8. The van der Waals surface area contributed by atoms with Gasteiger partial charge in [0.2, 0.25) is 0 Å². The standard InChI is InChI=1S/C49H70N2/c1-3-5-7-9-14-18-22-46-38-44(32-34-48(46)50)36-42-28-24-40(25-29-42)20-16-12-11-13-17-21-41-26-30-43(31-27-41)37-45-33-35-49(51)47(39-45)23-19-15-10-8-6-4-2/h24-35,38-39H,3-23,36-37,50-51H2,1-2H3. The van der Waals surface area contributed by atoms with Gasteiger partial charge >= 0.3 is 0 Å². The second-order valence-corrected chi connectivity index (χ2v) is 15.4. The minimum absolute atomic E-state index is 0.953. The summed E-state index contributed by atoms with van der Waals surface area (Å²) in [5.74, 6) is 0. The van der Waals surface area contributed by atoms with Gasteiger partial charge < -0.3 is 11.5 Å². The van der Waals surface area contributed by atoms with E-state index in [1.165, 1.54) is 167 Å². The number of rotatable bonds is 26. The Morgan fingerprint density at radius 2 is 0.608 bits per heavy atom. The number of nitrogen functional groups attached to an aromatic ring is 2. The fourth-order valence-corrected chi connectivity index (χ4v) is 7.47. The van der Waals surface area contributed by atoms with E-state index < -0.39 is 0 Å². The lowest BCUT2D eigenvalue weighted by Gasteiger charge is -2.10. The second-order valence-electron chi connectivity index (χ2n) is 15.4. The van der Waals surface area contributed by atoms with Crippen LogP contribution in [0.2, 0.25) is 0 Å². The van der Waals surface area contributed by atoms with E-state index in [0.29, 0.717) is 0 Å². The zero-order valence-corrected chi connectivity index (χ0v) is 32.5. The second kappa shape index (κ2) is 23.9. The van der Waals surface area contributed by atoms with Crippen molar-refractivity contribution in [3.63, 3.8) is 0 Å². The van der Waals surface area contributed by atoms with Gasteiger partial charge in [0.05, 0.1) is 0 Å². The molecule has 0 amide bonds. The molecule has 4 N–H and O–H groups in total. The fourth-order valence-electron chi connectivity index (χ4n) is 7.47. The zero-order valence-electron chi connectivity index (χ0n) is 32.5. The Bertz CT molecular complexity index is 1390. The maximum Gasteiger partial charge on any atom is 0.0346 e. The van der Waals surface area contributed by atoms with Gasteiger partial charge in [-0.05, 0) is 121 Å². The van der Waals surface area contributed by atoms with Gasteiger partial charge in [0.25, 0.3) is 0 Å². The van der Waals surface area contributed by atoms with Gasteiger partial charge in [0.15, 0.2) is 0 Å². The summed E-state index contributed by atoms with van der Waals surface area (Å²) < 4.78 is 0. The van der Waals surface area contributed by atoms with Crippen molar-refractivity contribution in [1.82, 2.24) is 0 Å². The summed E-state index contributed by atoms with van der Waals surface area (Å²) in [5.41, 5.74) is 25.7. The normalized spacial score (nSPS) is 11.3. The van der Waals surface area contributed by atoms with E-state index in [4.69, 9.17) is 11.5 Å². The molecule has 51 heavy (non-hydrogen) atoms. The highest BCUT2D eigenvalue weighted by Crippen LogP contribution is 2.23. The van der Waals surface area contributed by atoms with Crippen LogP contribution in [0.15, 0.2) is 84.9 Å². The van der Waals surface area contributed by atoms with Gasteiger partial charge in [0, 0.05) is 11.4 Å². The SMILES string of the molecule is CCCCCCCCc1cc(Cc2ccc(CCCCCCCc3ccc(Cc4ccc(N)c(CCCCCCCC)c4)cc3)cc2)ccc1N. The van der Waals surface area contributed by atoms with Gasteiger partial charge in [0.1, 0.15) is 0 Å². The van der Waals surface area contributed by atoms with E-state index in [9.17, 15) is 0 Å². The van der Waals surface area contributed by atoms with Gasteiger partial charge in [-0.15, -0.1) is 0 Å². The average Bonchev–Trinajstić information content (AvgIpc) is 3.14. The summed E-state index contributed by atoms with van der Waals surface area (Å²) in [4.78, 5) is 0. The topological polar surface area (TPSA) is 52.0 Å². The fraction of sp³-hybridized carbons (Fsp3) is 0.510. The monoisotopic (exact) mass is 687 g/mol. The average molecular weight is 687 g/mol. The third kappa shape index (κ3) is 15.7. The van der Waals surface area contributed by atoms with Crippen molar-refractivity contribution in [1.29, 1.82) is 0 Å². The van der Waals surface area contributed by atoms with Crippen LogP contribution in [-0.2, 0) is 38.5 Å². The molecule has 0 radical (unpaired) electrons. The maximum atomic E-state index is 6.33. The number of unbranched alkanes of at least 4 members (excludes halogenated alkanes) is 14. The molecule has 4 aromatic carbocycles. The molecule has 0 fully saturated rings. The Labute approximate surface area is 312 Å². The van der Waals surface area contributed by atoms with Crippen LogP contribution in [-0.4, -0.2) is 0 Å². The third-order valence-corrected chi connectivity index (χ3v) is 10.8. The molecule has 0 aliphatic heterocycles. The number of hydrogen-bond donors (Lipinski definition) is 2. The molecule has 0 bridgehead atoms. The van der Waals surface area contributed by atoms with Gasteiger partial charge in [-0.25, -0.2) is 0 Å². The van der Waals surface area contributed by atoms with Crippen molar-refractivity contribution in [2.24, 2.45) is 0 Å². The van der Waals surface area contributed by atoms with E-state index in [-0.39, 0.29) is 0 Å². The molecule has 2 nitrogen and oxygen atoms in total. The molecule has 276 valence electrons. The smallest absolute Gasteiger partial charge is 0.0346 e. The minimum atomic E-state index is 0.953. The highest BCUT2D eigenvalue weighted by molar-refractivity contribution is 5.50. The van der Waals surface area contributed by atoms with Crippen LogP contribution in [0, 0.1) is 0 Å². The first kappa shape index (κ1) is 40.3. The highest BCUT2D eigenvalue weighted by Gasteiger charge is 2.06. The molecule has 0 saturated heterocycles. The van der Waals surface area contributed by atoms with Crippen molar-refractivity contribution in [2.45, 2.75) is 162 Å². The number of aryl methyl sites for hydroxylation is 4. The summed E-state index contributed by atoms with van der Waals surface area (Å²) in [5, 5.41) is 0. The van der Waals surface area contributed by atoms with Crippen LogP contribution < -0.4 is 11.5 Å².